The van der Waals surface area contributed by atoms with Crippen LogP contribution in [0.5, 0.6) is 0 Å². The Hall–Kier alpha value is 1.28. The van der Waals surface area contributed by atoms with Gasteiger partial charge in [0, 0.05) is 12.1 Å². The first-order valence-corrected chi connectivity index (χ1v) is 5.09. The van der Waals surface area contributed by atoms with E-state index in [1.54, 1.807) is 4.90 Å². The zero-order valence-corrected chi connectivity index (χ0v) is 14.8. The van der Waals surface area contributed by atoms with Crippen LogP contribution >= 0.6 is 25.3 Å². The Bertz CT molecular complexity index is 194. The van der Waals surface area contributed by atoms with Gasteiger partial charge >= 0.3 is 51.4 Å². The standard InChI is InChI=1S/C7H15NOS.CH3NOS.K.H/c1-5(2)8(6(3)4)7(9)10;2-1(3)4;;/h5-6H,1-4H3,(H,9,10);(H3,2,3,4);;/q;;+1;-1. The average molecular weight is 278 g/mol. The minimum Gasteiger partial charge on any atom is -1.00 e. The fourth-order valence-corrected chi connectivity index (χ4v) is 1.50. The average Bonchev–Trinajstić information content (AvgIpc) is 1.80. The summed E-state index contributed by atoms with van der Waals surface area (Å²) < 4.78 is 0. The van der Waals surface area contributed by atoms with Crippen LogP contribution in [0.1, 0.15) is 29.1 Å². The first-order chi connectivity index (χ1) is 6.20. The van der Waals surface area contributed by atoms with E-state index in [9.17, 15) is 4.79 Å². The molecule has 0 aromatic rings. The molecule has 86 valence electrons. The molecule has 4 nitrogen and oxygen atoms in total. The second-order valence-electron chi connectivity index (χ2n) is 3.22. The molecule has 2 amide bonds. The molecule has 0 aliphatic rings. The van der Waals surface area contributed by atoms with Crippen molar-refractivity contribution in [3.05, 3.63) is 0 Å². The van der Waals surface area contributed by atoms with Gasteiger partial charge in [0.1, 0.15) is 0 Å². The van der Waals surface area contributed by atoms with Crippen LogP contribution in [-0.4, -0.2) is 27.5 Å². The van der Waals surface area contributed by atoms with Crippen LogP contribution in [0.3, 0.4) is 0 Å². The number of thiol groups is 2. The summed E-state index contributed by atoms with van der Waals surface area (Å²) in [7, 11) is 0. The first kappa shape index (κ1) is 21.5. The largest absolute Gasteiger partial charge is 1.00 e. The van der Waals surface area contributed by atoms with E-state index >= 15 is 0 Å². The van der Waals surface area contributed by atoms with Gasteiger partial charge in [-0.1, -0.05) is 25.3 Å². The number of hydrogen-bond donors (Lipinski definition) is 3. The van der Waals surface area contributed by atoms with Crippen molar-refractivity contribution in [1.82, 2.24) is 4.90 Å². The Kier molecular flexibility index (Phi) is 16.9. The van der Waals surface area contributed by atoms with Crippen LogP contribution in [0.15, 0.2) is 0 Å². The third kappa shape index (κ3) is 15.3. The molecule has 0 saturated carbocycles. The number of nitrogens with zero attached hydrogens (tertiary/aromatic N) is 1. The van der Waals surface area contributed by atoms with E-state index < -0.39 is 5.24 Å². The molecule has 0 heterocycles. The zero-order chi connectivity index (χ0) is 11.9. The van der Waals surface area contributed by atoms with Crippen LogP contribution in [0.2, 0.25) is 0 Å². The molecule has 0 aromatic heterocycles. The quantitative estimate of drug-likeness (QED) is 0.460. The van der Waals surface area contributed by atoms with Gasteiger partial charge in [-0.2, -0.15) is 0 Å². The van der Waals surface area contributed by atoms with Crippen molar-refractivity contribution in [2.24, 2.45) is 5.73 Å². The SMILES string of the molecule is CC(C)N(C(=O)S)C(C)C.NC(=O)S.[H-].[K+]. The van der Waals surface area contributed by atoms with Crippen molar-refractivity contribution in [3.63, 3.8) is 0 Å². The van der Waals surface area contributed by atoms with E-state index in [-0.39, 0.29) is 70.1 Å². The maximum atomic E-state index is 10.8. The second-order valence-corrected chi connectivity index (χ2v) is 4.04. The second kappa shape index (κ2) is 11.8. The molecule has 15 heavy (non-hydrogen) atoms. The van der Waals surface area contributed by atoms with Crippen LogP contribution in [0.25, 0.3) is 0 Å². The summed E-state index contributed by atoms with van der Waals surface area (Å²) in [6.45, 7) is 7.92. The normalized spacial score (nSPS) is 8.80. The Labute approximate surface area is 146 Å². The molecule has 0 radical (unpaired) electrons. The van der Waals surface area contributed by atoms with Crippen molar-refractivity contribution in [2.75, 3.05) is 0 Å². The minimum absolute atomic E-state index is 0. The van der Waals surface area contributed by atoms with Gasteiger partial charge in [0.25, 0.3) is 10.5 Å². The van der Waals surface area contributed by atoms with Crippen LogP contribution in [0.4, 0.5) is 9.59 Å². The van der Waals surface area contributed by atoms with Crippen LogP contribution < -0.4 is 57.1 Å². The molecule has 0 unspecified atom stereocenters. The number of nitrogens with two attached hydrogens (primary N) is 1. The molecule has 0 aromatic carbocycles. The van der Waals surface area contributed by atoms with E-state index in [1.807, 2.05) is 27.7 Å². The van der Waals surface area contributed by atoms with Gasteiger partial charge in [-0.3, -0.25) is 9.59 Å². The van der Waals surface area contributed by atoms with Crippen molar-refractivity contribution >= 4 is 35.7 Å². The minimum atomic E-state index is -0.639. The molecule has 2 N–H and O–H groups in total. The van der Waals surface area contributed by atoms with Gasteiger partial charge in [-0.15, -0.1) is 0 Å². The third-order valence-electron chi connectivity index (χ3n) is 1.33. The molecule has 0 fully saturated rings. The topological polar surface area (TPSA) is 63.4 Å². The molecule has 0 atom stereocenters. The Morgan fingerprint density at radius 1 is 1.13 bits per heavy atom. The Morgan fingerprint density at radius 2 is 1.33 bits per heavy atom. The van der Waals surface area contributed by atoms with E-state index in [2.05, 4.69) is 31.0 Å². The summed E-state index contributed by atoms with van der Waals surface area (Å²) in [6.07, 6.45) is 0. The zero-order valence-electron chi connectivity index (χ0n) is 10.9. The summed E-state index contributed by atoms with van der Waals surface area (Å²) >= 11 is 6.86. The fraction of sp³-hybridized carbons (Fsp3) is 0.750. The summed E-state index contributed by atoms with van der Waals surface area (Å²) in [6, 6.07) is 0.481. The van der Waals surface area contributed by atoms with Gasteiger partial charge < -0.3 is 12.1 Å². The Balaban J connectivity index is -0.000000105. The molecular weight excluding hydrogens is 259 g/mol. The molecular formula is C8H19KN2O2S2. The smallest absolute Gasteiger partial charge is 1.00 e. The van der Waals surface area contributed by atoms with E-state index in [0.29, 0.717) is 0 Å². The number of hydrogen-bond acceptors (Lipinski definition) is 2. The summed E-state index contributed by atoms with van der Waals surface area (Å²) in [5.74, 6) is 0. The molecule has 0 aliphatic carbocycles. The van der Waals surface area contributed by atoms with E-state index in [0.717, 1.165) is 0 Å². The molecule has 7 heteroatoms. The van der Waals surface area contributed by atoms with Crippen LogP contribution in [0, 0.1) is 0 Å². The van der Waals surface area contributed by atoms with E-state index in [4.69, 9.17) is 4.79 Å². The van der Waals surface area contributed by atoms with Gasteiger partial charge in [0.15, 0.2) is 0 Å². The maximum Gasteiger partial charge on any atom is 1.00 e. The number of rotatable bonds is 2. The number of carbonyl (C=O) groups excluding carboxylic acids is 2. The van der Waals surface area contributed by atoms with Crippen LogP contribution in [-0.2, 0) is 0 Å². The van der Waals surface area contributed by atoms with Crippen molar-refractivity contribution in [3.8, 4) is 0 Å². The molecule has 0 rings (SSSR count). The van der Waals surface area contributed by atoms with Crippen molar-refractivity contribution < 1.29 is 62.4 Å². The third-order valence-corrected chi connectivity index (χ3v) is 1.56. The number of primary amides is 1. The molecule has 0 aliphatic heterocycles. The monoisotopic (exact) mass is 278 g/mol. The molecule has 0 saturated heterocycles. The van der Waals surface area contributed by atoms with Gasteiger partial charge in [-0.25, -0.2) is 0 Å². The first-order valence-electron chi connectivity index (χ1n) is 4.19. The summed E-state index contributed by atoms with van der Waals surface area (Å²) in [5.41, 5.74) is 4.34. The molecule has 0 bridgehead atoms. The van der Waals surface area contributed by atoms with Gasteiger partial charge in [0.05, 0.1) is 0 Å². The number of amides is 2. The fourth-order valence-electron chi connectivity index (χ4n) is 1.04. The van der Waals surface area contributed by atoms with Crippen molar-refractivity contribution in [1.29, 1.82) is 0 Å². The van der Waals surface area contributed by atoms with Crippen molar-refractivity contribution in [2.45, 2.75) is 39.8 Å². The predicted molar refractivity (Wildman–Crippen MR) is 66.2 cm³/mol. The van der Waals surface area contributed by atoms with Gasteiger partial charge in [0.2, 0.25) is 0 Å². The van der Waals surface area contributed by atoms with E-state index in [1.165, 1.54) is 0 Å². The van der Waals surface area contributed by atoms with Gasteiger partial charge in [-0.05, 0) is 27.7 Å². The predicted octanol–water partition coefficient (Wildman–Crippen LogP) is -0.734. The summed E-state index contributed by atoms with van der Waals surface area (Å²) in [4.78, 5) is 21.6. The Morgan fingerprint density at radius 3 is 1.33 bits per heavy atom. The summed E-state index contributed by atoms with van der Waals surface area (Å²) in [5, 5.41) is -0.787. The number of carbonyl (C=O) groups is 2. The maximum absolute atomic E-state index is 10.8. The molecule has 0 spiro atoms.